The van der Waals surface area contributed by atoms with Crippen LogP contribution in [0.1, 0.15) is 27.7 Å². The highest BCUT2D eigenvalue weighted by molar-refractivity contribution is 4.98. The number of fused-ring (bicyclic) bond motifs is 3. The average Bonchev–Trinajstić information content (AvgIpc) is 2.56. The molecule has 0 aromatic heterocycles. The summed E-state index contributed by atoms with van der Waals surface area (Å²) in [5.74, 6) is -1.41. The number of hydrogen-bond acceptors (Lipinski definition) is 6. The molecule has 3 rings (SSSR count). The Morgan fingerprint density at radius 2 is 1.50 bits per heavy atom. The van der Waals surface area contributed by atoms with Gasteiger partial charge in [-0.05, 0) is 27.7 Å². The van der Waals surface area contributed by atoms with Gasteiger partial charge >= 0.3 is 0 Å². The molecule has 0 radical (unpaired) electrons. The van der Waals surface area contributed by atoms with Gasteiger partial charge in [0.25, 0.3) is 0 Å². The first-order chi connectivity index (χ1) is 8.27. The van der Waals surface area contributed by atoms with Gasteiger partial charge in [-0.2, -0.15) is 0 Å². The van der Waals surface area contributed by atoms with Crippen molar-refractivity contribution < 1.29 is 28.8 Å². The van der Waals surface area contributed by atoms with E-state index in [4.69, 9.17) is 23.7 Å². The molecule has 0 bridgehead atoms. The third kappa shape index (κ3) is 2.07. The van der Waals surface area contributed by atoms with Crippen LogP contribution in [0.15, 0.2) is 0 Å². The van der Waals surface area contributed by atoms with Crippen LogP contribution in [-0.4, -0.2) is 54.0 Å². The van der Waals surface area contributed by atoms with Crippen LogP contribution in [0.5, 0.6) is 0 Å². The molecule has 0 saturated carbocycles. The predicted octanol–water partition coefficient (Wildman–Crippen LogP) is 0.375. The van der Waals surface area contributed by atoms with Crippen LogP contribution in [0.4, 0.5) is 0 Å². The molecule has 18 heavy (non-hydrogen) atoms. The monoisotopic (exact) mass is 260 g/mol. The van der Waals surface area contributed by atoms with Crippen LogP contribution in [0.2, 0.25) is 0 Å². The molecule has 3 aliphatic heterocycles. The Bertz CT molecular complexity index is 341. The molecule has 0 spiro atoms. The molecular formula is C12H20O6. The Hall–Kier alpha value is -0.240. The first-order valence-corrected chi connectivity index (χ1v) is 6.28. The molecule has 5 atom stereocenters. The quantitative estimate of drug-likeness (QED) is 0.679. The maximum atomic E-state index is 9.94. The van der Waals surface area contributed by atoms with E-state index in [1.165, 1.54) is 0 Å². The van der Waals surface area contributed by atoms with Gasteiger partial charge in [-0.1, -0.05) is 0 Å². The second kappa shape index (κ2) is 3.88. The van der Waals surface area contributed by atoms with Crippen molar-refractivity contribution in [3.63, 3.8) is 0 Å². The van der Waals surface area contributed by atoms with E-state index in [0.29, 0.717) is 6.61 Å². The van der Waals surface area contributed by atoms with Crippen LogP contribution < -0.4 is 0 Å². The Balaban J connectivity index is 1.84. The maximum absolute atomic E-state index is 9.94. The van der Waals surface area contributed by atoms with E-state index >= 15 is 0 Å². The van der Waals surface area contributed by atoms with Crippen LogP contribution >= 0.6 is 0 Å². The molecule has 1 N–H and O–H groups in total. The zero-order valence-electron chi connectivity index (χ0n) is 11.1. The topological polar surface area (TPSA) is 66.4 Å². The van der Waals surface area contributed by atoms with Gasteiger partial charge in [-0.3, -0.25) is 0 Å². The van der Waals surface area contributed by atoms with Gasteiger partial charge in [0.05, 0.1) is 6.61 Å². The normalized spacial score (nSPS) is 49.5. The average molecular weight is 260 g/mol. The predicted molar refractivity (Wildman–Crippen MR) is 59.6 cm³/mol. The van der Waals surface area contributed by atoms with E-state index < -0.39 is 24.0 Å². The highest BCUT2D eigenvalue weighted by Gasteiger charge is 2.58. The van der Waals surface area contributed by atoms with Crippen LogP contribution in [0.3, 0.4) is 0 Å². The van der Waals surface area contributed by atoms with Crippen LogP contribution in [0.25, 0.3) is 0 Å². The van der Waals surface area contributed by atoms with Crippen LogP contribution in [0, 0.1) is 0 Å². The van der Waals surface area contributed by atoms with Crippen molar-refractivity contribution in [3.8, 4) is 0 Å². The molecule has 3 fully saturated rings. The van der Waals surface area contributed by atoms with E-state index in [9.17, 15) is 5.11 Å². The van der Waals surface area contributed by atoms with Gasteiger partial charge in [-0.15, -0.1) is 0 Å². The zero-order chi connectivity index (χ0) is 13.1. The molecule has 0 aromatic rings. The smallest absolute Gasteiger partial charge is 0.184 e. The fourth-order valence-electron chi connectivity index (χ4n) is 2.76. The van der Waals surface area contributed by atoms with E-state index in [1.807, 2.05) is 27.7 Å². The molecule has 104 valence electrons. The van der Waals surface area contributed by atoms with Crippen molar-refractivity contribution in [1.29, 1.82) is 0 Å². The Morgan fingerprint density at radius 1 is 0.889 bits per heavy atom. The minimum absolute atomic E-state index is 0.288. The van der Waals surface area contributed by atoms with E-state index in [2.05, 4.69) is 0 Å². The molecule has 6 nitrogen and oxygen atoms in total. The van der Waals surface area contributed by atoms with Gasteiger partial charge in [0.1, 0.15) is 24.4 Å². The van der Waals surface area contributed by atoms with E-state index in [-0.39, 0.29) is 18.3 Å². The summed E-state index contributed by atoms with van der Waals surface area (Å²) in [7, 11) is 0. The van der Waals surface area contributed by atoms with Crippen LogP contribution in [-0.2, 0) is 23.7 Å². The molecule has 0 aliphatic carbocycles. The molecular weight excluding hydrogens is 240 g/mol. The fraction of sp³-hybridized carbons (Fsp3) is 1.00. The van der Waals surface area contributed by atoms with Crippen molar-refractivity contribution in [3.05, 3.63) is 0 Å². The summed E-state index contributed by atoms with van der Waals surface area (Å²) in [5, 5.41) is 9.94. The lowest BCUT2D eigenvalue weighted by molar-refractivity contribution is -0.365. The Labute approximate surface area is 106 Å². The van der Waals surface area contributed by atoms with Gasteiger partial charge in [-0.25, -0.2) is 0 Å². The van der Waals surface area contributed by atoms with Crippen molar-refractivity contribution in [2.24, 2.45) is 0 Å². The highest BCUT2D eigenvalue weighted by Crippen LogP contribution is 2.41. The molecule has 0 aromatic carbocycles. The van der Waals surface area contributed by atoms with Crippen molar-refractivity contribution in [2.45, 2.75) is 70.0 Å². The minimum atomic E-state index is -1.01. The second-order valence-electron chi connectivity index (χ2n) is 5.92. The summed E-state index contributed by atoms with van der Waals surface area (Å²) in [6, 6.07) is 0. The number of rotatable bonds is 0. The summed E-state index contributed by atoms with van der Waals surface area (Å²) in [6.07, 6.45) is -2.48. The first-order valence-electron chi connectivity index (χ1n) is 6.28. The second-order valence-corrected chi connectivity index (χ2v) is 5.92. The number of aliphatic hydroxyl groups is 1. The third-order valence-corrected chi connectivity index (χ3v) is 3.46. The highest BCUT2D eigenvalue weighted by atomic mass is 16.8. The molecule has 1 unspecified atom stereocenters. The lowest BCUT2D eigenvalue weighted by Crippen LogP contribution is -2.63. The lowest BCUT2D eigenvalue weighted by atomic mass is 9.98. The Morgan fingerprint density at radius 3 is 2.22 bits per heavy atom. The standard InChI is InChI=1S/C12H20O6/c1-11(2)14-5-6-7(16-11)8-9(10(13)15-6)18-12(3,4)17-8/h6-10,13H,5H2,1-4H3/t6-,7-,8-,9-,10?/m1/s1. The fourth-order valence-corrected chi connectivity index (χ4v) is 2.76. The molecule has 3 aliphatic rings. The van der Waals surface area contributed by atoms with Gasteiger partial charge in [0, 0.05) is 0 Å². The summed E-state index contributed by atoms with van der Waals surface area (Å²) in [6.45, 7) is 7.71. The summed E-state index contributed by atoms with van der Waals surface area (Å²) >= 11 is 0. The van der Waals surface area contributed by atoms with E-state index in [1.54, 1.807) is 0 Å². The van der Waals surface area contributed by atoms with Gasteiger partial charge < -0.3 is 28.8 Å². The van der Waals surface area contributed by atoms with Gasteiger partial charge in [0.2, 0.25) is 0 Å². The maximum Gasteiger partial charge on any atom is 0.184 e. The number of aliphatic hydroxyl groups excluding tert-OH is 1. The summed E-state index contributed by atoms with van der Waals surface area (Å²) in [5.41, 5.74) is 0. The van der Waals surface area contributed by atoms with E-state index in [0.717, 1.165) is 0 Å². The van der Waals surface area contributed by atoms with Crippen molar-refractivity contribution in [1.82, 2.24) is 0 Å². The first kappa shape index (κ1) is 12.8. The third-order valence-electron chi connectivity index (χ3n) is 3.46. The summed E-state index contributed by atoms with van der Waals surface area (Å²) < 4.78 is 28.4. The molecule has 0 amide bonds. The number of hydrogen-bond donors (Lipinski definition) is 1. The minimum Gasteiger partial charge on any atom is -0.366 e. The zero-order valence-corrected chi connectivity index (χ0v) is 11.1. The molecule has 3 saturated heterocycles. The molecule has 6 heteroatoms. The van der Waals surface area contributed by atoms with Crippen molar-refractivity contribution >= 4 is 0 Å². The lowest BCUT2D eigenvalue weighted by Gasteiger charge is -2.47. The SMILES string of the molecule is CC1(C)OC[C@H]2OC(O)[C@@H]3OC(C)(C)O[C@@H]3[C@@H]2O1. The van der Waals surface area contributed by atoms with Crippen molar-refractivity contribution in [2.75, 3.05) is 6.61 Å². The molecule has 3 heterocycles. The summed E-state index contributed by atoms with van der Waals surface area (Å²) in [4.78, 5) is 0. The van der Waals surface area contributed by atoms with Gasteiger partial charge in [0.15, 0.2) is 17.9 Å². The Kier molecular flexibility index (Phi) is 2.75. The number of ether oxygens (including phenoxy) is 5. The largest absolute Gasteiger partial charge is 0.366 e.